The lowest BCUT2D eigenvalue weighted by molar-refractivity contribution is -0.120. The molecule has 1 aromatic rings. The van der Waals surface area contributed by atoms with Gasteiger partial charge in [0.1, 0.15) is 0 Å². The topological polar surface area (TPSA) is 78.1 Å². The molecule has 0 saturated heterocycles. The number of aromatic nitrogens is 2. The Morgan fingerprint density at radius 2 is 2.00 bits per heavy atom. The smallest absolute Gasteiger partial charge is 0.267 e. The highest BCUT2D eigenvalue weighted by Crippen LogP contribution is 2.20. The molecular formula is C16H26N4O2. The molecular weight excluding hydrogens is 280 g/mol. The molecule has 6 nitrogen and oxygen atoms in total. The Balaban J connectivity index is 1.93. The third kappa shape index (κ3) is 4.16. The first-order valence-electron chi connectivity index (χ1n) is 8.05. The fourth-order valence-electron chi connectivity index (χ4n) is 2.72. The summed E-state index contributed by atoms with van der Waals surface area (Å²) in [4.78, 5) is 26.0. The zero-order valence-electron chi connectivity index (χ0n) is 13.7. The van der Waals surface area contributed by atoms with Gasteiger partial charge in [-0.1, -0.05) is 0 Å². The van der Waals surface area contributed by atoms with E-state index in [4.69, 9.17) is 0 Å². The largest absolute Gasteiger partial charge is 0.354 e. The van der Waals surface area contributed by atoms with Crippen molar-refractivity contribution in [2.45, 2.75) is 52.0 Å². The van der Waals surface area contributed by atoms with Crippen molar-refractivity contribution in [1.29, 1.82) is 0 Å². The van der Waals surface area contributed by atoms with Gasteiger partial charge in [0.05, 0.1) is 12.1 Å². The van der Waals surface area contributed by atoms with Crippen molar-refractivity contribution in [2.24, 2.45) is 0 Å². The fraction of sp³-hybridized carbons (Fsp3) is 0.688. The maximum absolute atomic E-state index is 12.1. The second kappa shape index (κ2) is 7.54. The van der Waals surface area contributed by atoms with Gasteiger partial charge >= 0.3 is 0 Å². The number of hydrogen-bond donors (Lipinski definition) is 2. The lowest BCUT2D eigenvalue weighted by Gasteiger charge is -2.21. The van der Waals surface area contributed by atoms with Crippen molar-refractivity contribution in [3.8, 4) is 0 Å². The molecule has 1 aromatic heterocycles. The molecule has 22 heavy (non-hydrogen) atoms. The highest BCUT2D eigenvalue weighted by Gasteiger charge is 2.19. The van der Waals surface area contributed by atoms with E-state index in [2.05, 4.69) is 34.3 Å². The molecule has 1 aliphatic rings. The van der Waals surface area contributed by atoms with Gasteiger partial charge in [0.2, 0.25) is 5.91 Å². The van der Waals surface area contributed by atoms with Crippen molar-refractivity contribution in [2.75, 3.05) is 20.1 Å². The summed E-state index contributed by atoms with van der Waals surface area (Å²) in [5.41, 5.74) is 2.44. The quantitative estimate of drug-likeness (QED) is 0.809. The normalized spacial score (nSPS) is 14.2. The van der Waals surface area contributed by atoms with E-state index in [1.54, 1.807) is 0 Å². The highest BCUT2D eigenvalue weighted by molar-refractivity contribution is 5.78. The van der Waals surface area contributed by atoms with E-state index < -0.39 is 0 Å². The van der Waals surface area contributed by atoms with Gasteiger partial charge in [-0.2, -0.15) is 5.10 Å². The number of carbonyl (C=O) groups is 1. The minimum atomic E-state index is -0.0996. The van der Waals surface area contributed by atoms with Crippen LogP contribution in [0.15, 0.2) is 4.79 Å². The number of aromatic amines is 1. The van der Waals surface area contributed by atoms with E-state index in [1.807, 2.05) is 7.05 Å². The summed E-state index contributed by atoms with van der Waals surface area (Å²) in [6.07, 6.45) is 3.98. The molecule has 0 aliphatic heterocycles. The first kappa shape index (κ1) is 16.7. The van der Waals surface area contributed by atoms with Crippen LogP contribution in [0.25, 0.3) is 0 Å². The van der Waals surface area contributed by atoms with E-state index in [0.717, 1.165) is 49.0 Å². The number of fused-ring (bicyclic) bond motifs is 1. The average Bonchev–Trinajstić information content (AvgIpc) is 2.50. The van der Waals surface area contributed by atoms with Crippen LogP contribution in [0.1, 0.15) is 43.5 Å². The Hall–Kier alpha value is -1.69. The number of likely N-dealkylation sites (N-methyl/N-ethyl adjacent to an activating group) is 1. The SMILES string of the molecule is CC(C)N(C)CCNC(=O)Cc1n[nH]c(=O)c2c1CCCC2. The molecule has 0 aromatic carbocycles. The average molecular weight is 306 g/mol. The van der Waals surface area contributed by atoms with Crippen molar-refractivity contribution in [3.05, 3.63) is 27.2 Å². The number of H-pyrrole nitrogens is 1. The molecule has 1 aliphatic carbocycles. The van der Waals surface area contributed by atoms with E-state index in [0.29, 0.717) is 12.6 Å². The van der Waals surface area contributed by atoms with Crippen molar-refractivity contribution < 1.29 is 4.79 Å². The molecule has 0 unspecified atom stereocenters. The predicted molar refractivity (Wildman–Crippen MR) is 86.0 cm³/mol. The Morgan fingerprint density at radius 3 is 2.68 bits per heavy atom. The molecule has 1 amide bonds. The summed E-state index contributed by atoms with van der Waals surface area (Å²) >= 11 is 0. The number of nitrogens with one attached hydrogen (secondary N) is 2. The number of hydrogen-bond acceptors (Lipinski definition) is 4. The molecule has 0 bridgehead atoms. The van der Waals surface area contributed by atoms with Crippen LogP contribution in [-0.2, 0) is 24.1 Å². The summed E-state index contributed by atoms with van der Waals surface area (Å²) in [6.45, 7) is 5.69. The second-order valence-corrected chi connectivity index (χ2v) is 6.26. The summed E-state index contributed by atoms with van der Waals surface area (Å²) in [5.74, 6) is -0.0375. The minimum Gasteiger partial charge on any atom is -0.354 e. The van der Waals surface area contributed by atoms with Crippen molar-refractivity contribution in [1.82, 2.24) is 20.4 Å². The third-order valence-corrected chi connectivity index (χ3v) is 4.38. The van der Waals surface area contributed by atoms with Crippen LogP contribution < -0.4 is 10.9 Å². The van der Waals surface area contributed by atoms with Gasteiger partial charge in [-0.25, -0.2) is 5.10 Å². The predicted octanol–water partition coefficient (Wildman–Crippen LogP) is 0.648. The molecule has 0 saturated carbocycles. The Bertz CT molecular complexity index is 580. The molecule has 6 heteroatoms. The molecule has 0 spiro atoms. The third-order valence-electron chi connectivity index (χ3n) is 4.38. The van der Waals surface area contributed by atoms with E-state index in [-0.39, 0.29) is 17.9 Å². The minimum absolute atomic E-state index is 0.0375. The van der Waals surface area contributed by atoms with Gasteiger partial charge in [-0.15, -0.1) is 0 Å². The summed E-state index contributed by atoms with van der Waals surface area (Å²) in [5, 5.41) is 9.55. The van der Waals surface area contributed by atoms with Crippen molar-refractivity contribution in [3.63, 3.8) is 0 Å². The Morgan fingerprint density at radius 1 is 1.32 bits per heavy atom. The van der Waals surface area contributed by atoms with E-state index in [1.165, 1.54) is 0 Å². The molecule has 2 N–H and O–H groups in total. The van der Waals surface area contributed by atoms with Crippen LogP contribution in [-0.4, -0.2) is 47.2 Å². The van der Waals surface area contributed by atoms with Crippen LogP contribution in [0.4, 0.5) is 0 Å². The van der Waals surface area contributed by atoms with Gasteiger partial charge in [0.15, 0.2) is 0 Å². The maximum Gasteiger partial charge on any atom is 0.267 e. The number of rotatable bonds is 6. The fourth-order valence-corrected chi connectivity index (χ4v) is 2.72. The lowest BCUT2D eigenvalue weighted by atomic mass is 9.91. The molecule has 122 valence electrons. The van der Waals surface area contributed by atoms with E-state index >= 15 is 0 Å². The first-order valence-corrected chi connectivity index (χ1v) is 8.05. The van der Waals surface area contributed by atoms with Crippen LogP contribution in [0.2, 0.25) is 0 Å². The summed E-state index contributed by atoms with van der Waals surface area (Å²) in [7, 11) is 2.04. The highest BCUT2D eigenvalue weighted by atomic mass is 16.1. The van der Waals surface area contributed by atoms with E-state index in [9.17, 15) is 9.59 Å². The van der Waals surface area contributed by atoms with Gasteiger partial charge in [0, 0.05) is 24.7 Å². The zero-order chi connectivity index (χ0) is 16.1. The summed E-state index contributed by atoms with van der Waals surface area (Å²) in [6, 6.07) is 0.463. The maximum atomic E-state index is 12.1. The summed E-state index contributed by atoms with van der Waals surface area (Å²) < 4.78 is 0. The van der Waals surface area contributed by atoms with Crippen LogP contribution >= 0.6 is 0 Å². The second-order valence-electron chi connectivity index (χ2n) is 6.26. The molecule has 2 rings (SSSR count). The monoisotopic (exact) mass is 306 g/mol. The molecule has 1 heterocycles. The standard InChI is InChI=1S/C16H26N4O2/c1-11(2)20(3)9-8-17-15(21)10-14-12-6-4-5-7-13(12)16(22)19-18-14/h11H,4-10H2,1-3H3,(H,17,21)(H,19,22). The van der Waals surface area contributed by atoms with Crippen LogP contribution in [0.3, 0.4) is 0 Å². The molecule has 0 radical (unpaired) electrons. The van der Waals surface area contributed by atoms with Crippen LogP contribution in [0.5, 0.6) is 0 Å². The Kier molecular flexibility index (Phi) is 5.71. The molecule has 0 atom stereocenters. The Labute approximate surface area is 131 Å². The molecule has 0 fully saturated rings. The first-order chi connectivity index (χ1) is 10.5. The lowest BCUT2D eigenvalue weighted by Crippen LogP contribution is -2.37. The van der Waals surface area contributed by atoms with Crippen molar-refractivity contribution >= 4 is 5.91 Å². The number of nitrogens with zero attached hydrogens (tertiary/aromatic N) is 2. The zero-order valence-corrected chi connectivity index (χ0v) is 13.7. The van der Waals surface area contributed by atoms with Gasteiger partial charge in [0.25, 0.3) is 5.56 Å². The van der Waals surface area contributed by atoms with Crippen LogP contribution in [0, 0.1) is 0 Å². The van der Waals surface area contributed by atoms with Gasteiger partial charge < -0.3 is 10.2 Å². The number of amides is 1. The number of carbonyl (C=O) groups excluding carboxylic acids is 1. The van der Waals surface area contributed by atoms with Gasteiger partial charge in [-0.3, -0.25) is 9.59 Å². The van der Waals surface area contributed by atoms with Gasteiger partial charge in [-0.05, 0) is 52.1 Å².